The second-order valence-corrected chi connectivity index (χ2v) is 6.20. The van der Waals surface area contributed by atoms with E-state index in [1.807, 2.05) is 31.2 Å². The van der Waals surface area contributed by atoms with Crippen LogP contribution in [0.15, 0.2) is 42.5 Å². The van der Waals surface area contributed by atoms with Gasteiger partial charge in [0, 0.05) is 31.9 Å². The number of hydrogen-bond donors (Lipinski definition) is 0. The minimum atomic E-state index is -0.187. The molecule has 0 radical (unpaired) electrons. The predicted octanol–water partition coefficient (Wildman–Crippen LogP) is 3.71. The summed E-state index contributed by atoms with van der Waals surface area (Å²) in [6.45, 7) is 5.15. The van der Waals surface area contributed by atoms with Crippen LogP contribution in [0.25, 0.3) is 0 Å². The van der Waals surface area contributed by atoms with Crippen LogP contribution in [0.1, 0.15) is 29.8 Å². The predicted molar refractivity (Wildman–Crippen MR) is 88.5 cm³/mol. The van der Waals surface area contributed by atoms with E-state index in [0.29, 0.717) is 6.54 Å². The summed E-state index contributed by atoms with van der Waals surface area (Å²) in [5, 5.41) is 0. The zero-order valence-corrected chi connectivity index (χ0v) is 13.5. The summed E-state index contributed by atoms with van der Waals surface area (Å²) in [5.74, 6) is -0.187. The standard InChI is InChI=1S/C19H23FN2O/c1-15-5-2-8-18(21-15)13-22(14-19-9-4-10-23-19)12-16-6-3-7-17(20)11-16/h2-3,5-8,11,19H,4,9-10,12-14H2,1H3/t19-/m1/s1. The average Bonchev–Trinajstić information content (AvgIpc) is 3.00. The maximum atomic E-state index is 13.4. The van der Waals surface area contributed by atoms with Crippen molar-refractivity contribution in [2.75, 3.05) is 13.2 Å². The molecule has 122 valence electrons. The third-order valence-corrected chi connectivity index (χ3v) is 4.11. The van der Waals surface area contributed by atoms with Gasteiger partial charge in [0.05, 0.1) is 11.8 Å². The topological polar surface area (TPSA) is 25.4 Å². The number of nitrogens with zero attached hydrogens (tertiary/aromatic N) is 2. The van der Waals surface area contributed by atoms with Crippen molar-refractivity contribution in [2.45, 2.75) is 39.0 Å². The number of pyridine rings is 1. The van der Waals surface area contributed by atoms with Crippen molar-refractivity contribution in [3.8, 4) is 0 Å². The molecular weight excluding hydrogens is 291 g/mol. The summed E-state index contributed by atoms with van der Waals surface area (Å²) >= 11 is 0. The van der Waals surface area contributed by atoms with Crippen molar-refractivity contribution < 1.29 is 9.13 Å². The monoisotopic (exact) mass is 314 g/mol. The van der Waals surface area contributed by atoms with Gasteiger partial charge in [-0.3, -0.25) is 9.88 Å². The fourth-order valence-electron chi connectivity index (χ4n) is 3.07. The third-order valence-electron chi connectivity index (χ3n) is 4.11. The number of hydrogen-bond acceptors (Lipinski definition) is 3. The molecule has 1 aromatic carbocycles. The number of aryl methyl sites for hydroxylation is 1. The lowest BCUT2D eigenvalue weighted by Crippen LogP contribution is -2.31. The van der Waals surface area contributed by atoms with Crippen LogP contribution in [-0.2, 0) is 17.8 Å². The smallest absolute Gasteiger partial charge is 0.123 e. The van der Waals surface area contributed by atoms with E-state index in [9.17, 15) is 4.39 Å². The summed E-state index contributed by atoms with van der Waals surface area (Å²) in [7, 11) is 0. The Morgan fingerprint density at radius 2 is 2.09 bits per heavy atom. The van der Waals surface area contributed by atoms with E-state index in [1.54, 1.807) is 12.1 Å². The minimum absolute atomic E-state index is 0.187. The summed E-state index contributed by atoms with van der Waals surface area (Å²) in [6, 6.07) is 12.9. The van der Waals surface area contributed by atoms with Gasteiger partial charge in [-0.1, -0.05) is 18.2 Å². The van der Waals surface area contributed by atoms with Crippen molar-refractivity contribution in [3.05, 3.63) is 65.2 Å². The van der Waals surface area contributed by atoms with E-state index in [1.165, 1.54) is 6.07 Å². The number of rotatable bonds is 6. The zero-order valence-electron chi connectivity index (χ0n) is 13.5. The molecule has 1 fully saturated rings. The van der Waals surface area contributed by atoms with E-state index in [-0.39, 0.29) is 11.9 Å². The highest BCUT2D eigenvalue weighted by Gasteiger charge is 2.20. The summed E-state index contributed by atoms with van der Waals surface area (Å²) < 4.78 is 19.2. The van der Waals surface area contributed by atoms with Crippen molar-refractivity contribution in [3.63, 3.8) is 0 Å². The van der Waals surface area contributed by atoms with Gasteiger partial charge in [-0.05, 0) is 49.6 Å². The average molecular weight is 314 g/mol. The van der Waals surface area contributed by atoms with Crippen LogP contribution in [0.2, 0.25) is 0 Å². The van der Waals surface area contributed by atoms with Gasteiger partial charge in [0.15, 0.2) is 0 Å². The lowest BCUT2D eigenvalue weighted by molar-refractivity contribution is 0.0674. The molecule has 1 aromatic heterocycles. The van der Waals surface area contributed by atoms with Crippen molar-refractivity contribution >= 4 is 0 Å². The number of ether oxygens (including phenoxy) is 1. The second-order valence-electron chi connectivity index (χ2n) is 6.20. The van der Waals surface area contributed by atoms with Crippen LogP contribution in [0.5, 0.6) is 0 Å². The van der Waals surface area contributed by atoms with Gasteiger partial charge in [-0.15, -0.1) is 0 Å². The third kappa shape index (κ3) is 4.85. The summed E-state index contributed by atoms with van der Waals surface area (Å²) in [5.41, 5.74) is 3.04. The van der Waals surface area contributed by atoms with Crippen molar-refractivity contribution in [2.24, 2.45) is 0 Å². The van der Waals surface area contributed by atoms with Gasteiger partial charge in [0.1, 0.15) is 5.82 Å². The Balaban J connectivity index is 1.72. The van der Waals surface area contributed by atoms with Crippen LogP contribution < -0.4 is 0 Å². The maximum absolute atomic E-state index is 13.4. The highest BCUT2D eigenvalue weighted by Crippen LogP contribution is 2.17. The van der Waals surface area contributed by atoms with Crippen LogP contribution in [0, 0.1) is 12.7 Å². The van der Waals surface area contributed by atoms with E-state index >= 15 is 0 Å². The van der Waals surface area contributed by atoms with E-state index in [2.05, 4.69) is 9.88 Å². The Labute approximate surface area is 137 Å². The molecule has 4 heteroatoms. The zero-order chi connectivity index (χ0) is 16.1. The fourth-order valence-corrected chi connectivity index (χ4v) is 3.07. The first kappa shape index (κ1) is 16.1. The van der Waals surface area contributed by atoms with E-state index < -0.39 is 0 Å². The lowest BCUT2D eigenvalue weighted by Gasteiger charge is -2.25. The second kappa shape index (κ2) is 7.66. The molecule has 2 heterocycles. The number of benzene rings is 1. The Kier molecular flexibility index (Phi) is 5.36. The first-order valence-electron chi connectivity index (χ1n) is 8.20. The summed E-state index contributed by atoms with van der Waals surface area (Å²) in [6.07, 6.45) is 2.50. The van der Waals surface area contributed by atoms with Gasteiger partial charge in [0.2, 0.25) is 0 Å². The van der Waals surface area contributed by atoms with Gasteiger partial charge >= 0.3 is 0 Å². The first-order valence-corrected chi connectivity index (χ1v) is 8.20. The van der Waals surface area contributed by atoms with Gasteiger partial charge < -0.3 is 4.74 Å². The van der Waals surface area contributed by atoms with Gasteiger partial charge in [0.25, 0.3) is 0 Å². The van der Waals surface area contributed by atoms with E-state index in [0.717, 1.165) is 49.5 Å². The quantitative estimate of drug-likeness (QED) is 0.813. The molecule has 1 atom stereocenters. The number of aromatic nitrogens is 1. The molecule has 1 aliphatic rings. The highest BCUT2D eigenvalue weighted by molar-refractivity contribution is 5.17. The van der Waals surface area contributed by atoms with Crippen LogP contribution in [0.3, 0.4) is 0 Å². The molecule has 0 unspecified atom stereocenters. The minimum Gasteiger partial charge on any atom is -0.377 e. The van der Waals surface area contributed by atoms with Crippen molar-refractivity contribution in [1.29, 1.82) is 0 Å². The molecule has 1 saturated heterocycles. The molecule has 0 spiro atoms. The van der Waals surface area contributed by atoms with Crippen molar-refractivity contribution in [1.82, 2.24) is 9.88 Å². The van der Waals surface area contributed by atoms with Gasteiger partial charge in [-0.25, -0.2) is 4.39 Å². The molecule has 3 rings (SSSR count). The first-order chi connectivity index (χ1) is 11.2. The molecule has 2 aromatic rings. The van der Waals surface area contributed by atoms with Crippen LogP contribution in [0.4, 0.5) is 4.39 Å². The van der Waals surface area contributed by atoms with Crippen LogP contribution >= 0.6 is 0 Å². The fraction of sp³-hybridized carbons (Fsp3) is 0.421. The molecule has 3 nitrogen and oxygen atoms in total. The highest BCUT2D eigenvalue weighted by atomic mass is 19.1. The molecular formula is C19H23FN2O. The normalized spacial score (nSPS) is 17.8. The Morgan fingerprint density at radius 3 is 2.83 bits per heavy atom. The lowest BCUT2D eigenvalue weighted by atomic mass is 10.1. The maximum Gasteiger partial charge on any atom is 0.123 e. The Morgan fingerprint density at radius 1 is 1.22 bits per heavy atom. The molecule has 23 heavy (non-hydrogen) atoms. The molecule has 0 saturated carbocycles. The largest absolute Gasteiger partial charge is 0.377 e. The van der Waals surface area contributed by atoms with Crippen LogP contribution in [-0.4, -0.2) is 29.1 Å². The number of halogens is 1. The molecule has 0 N–H and O–H groups in total. The molecule has 0 bridgehead atoms. The van der Waals surface area contributed by atoms with Gasteiger partial charge in [-0.2, -0.15) is 0 Å². The Bertz CT molecular complexity index is 593. The summed E-state index contributed by atoms with van der Waals surface area (Å²) in [4.78, 5) is 6.89. The molecule has 0 aliphatic carbocycles. The molecule has 0 amide bonds. The Hall–Kier alpha value is -1.78. The van der Waals surface area contributed by atoms with E-state index in [4.69, 9.17) is 4.74 Å². The SMILES string of the molecule is Cc1cccc(CN(Cc2cccc(F)c2)C[C@H]2CCCO2)n1. The molecule has 1 aliphatic heterocycles.